The number of amides is 2. The highest BCUT2D eigenvalue weighted by Gasteiger charge is 2.31. The molecule has 6 heteroatoms. The van der Waals surface area contributed by atoms with Crippen molar-refractivity contribution < 1.29 is 9.59 Å². The first-order chi connectivity index (χ1) is 8.66. The molecule has 0 aliphatic heterocycles. The number of halogens is 2. The van der Waals surface area contributed by atoms with Gasteiger partial charge < -0.3 is 11.1 Å². The minimum absolute atomic E-state index is 0.308. The fraction of sp³-hybridized carbons (Fsp3) is 0.385. The van der Waals surface area contributed by atoms with Gasteiger partial charge in [-0.15, -0.1) is 0 Å². The van der Waals surface area contributed by atoms with Crippen LogP contribution in [-0.4, -0.2) is 17.9 Å². The smallest absolute Gasteiger partial charge is 0.239 e. The van der Waals surface area contributed by atoms with E-state index in [4.69, 9.17) is 28.9 Å². The molecule has 4 nitrogen and oxygen atoms in total. The highest BCUT2D eigenvalue weighted by Crippen LogP contribution is 2.30. The molecule has 0 spiro atoms. The van der Waals surface area contributed by atoms with Gasteiger partial charge >= 0.3 is 0 Å². The zero-order chi connectivity index (χ0) is 14.8. The maximum absolute atomic E-state index is 12.2. The first kappa shape index (κ1) is 15.8. The van der Waals surface area contributed by atoms with E-state index in [9.17, 15) is 9.59 Å². The summed E-state index contributed by atoms with van der Waals surface area (Å²) in [5, 5.41) is 3.36. The molecule has 0 heterocycles. The van der Waals surface area contributed by atoms with Crippen molar-refractivity contribution in [1.82, 2.24) is 5.32 Å². The van der Waals surface area contributed by atoms with Crippen LogP contribution in [0.4, 0.5) is 0 Å². The summed E-state index contributed by atoms with van der Waals surface area (Å²) in [5.74, 6) is -0.893. The number of primary amides is 1. The number of nitrogens with one attached hydrogen (secondary N) is 1. The summed E-state index contributed by atoms with van der Waals surface area (Å²) < 4.78 is 0. The molecule has 19 heavy (non-hydrogen) atoms. The number of benzene rings is 1. The summed E-state index contributed by atoms with van der Waals surface area (Å²) in [6.45, 7) is 5.00. The van der Waals surface area contributed by atoms with Crippen LogP contribution in [-0.2, 0) is 15.0 Å². The van der Waals surface area contributed by atoms with Crippen molar-refractivity contribution in [2.45, 2.75) is 32.2 Å². The second-order valence-electron chi connectivity index (χ2n) is 4.85. The van der Waals surface area contributed by atoms with Gasteiger partial charge in [-0.1, -0.05) is 29.3 Å². The third kappa shape index (κ3) is 3.61. The van der Waals surface area contributed by atoms with E-state index in [1.165, 1.54) is 6.92 Å². The van der Waals surface area contributed by atoms with Crippen molar-refractivity contribution in [2.24, 2.45) is 5.73 Å². The largest absolute Gasteiger partial charge is 0.368 e. The predicted octanol–water partition coefficient (Wildman–Crippen LogP) is 2.26. The lowest BCUT2D eigenvalue weighted by atomic mass is 9.83. The standard InChI is InChI=1S/C13H16Cl2N2O2/c1-7(11(16)18)17-12(19)13(2,3)8-4-5-9(14)10(15)6-8/h4-7H,1-3H3,(H2,16,18)(H,17,19)/t7-/m0/s1. The Morgan fingerprint density at radius 3 is 2.32 bits per heavy atom. The van der Waals surface area contributed by atoms with Gasteiger partial charge in [0.05, 0.1) is 15.5 Å². The van der Waals surface area contributed by atoms with Gasteiger partial charge in [-0.2, -0.15) is 0 Å². The molecular weight excluding hydrogens is 287 g/mol. The lowest BCUT2D eigenvalue weighted by Gasteiger charge is -2.26. The van der Waals surface area contributed by atoms with Crippen LogP contribution in [0.5, 0.6) is 0 Å². The van der Waals surface area contributed by atoms with Crippen molar-refractivity contribution in [3.63, 3.8) is 0 Å². The summed E-state index contributed by atoms with van der Waals surface area (Å²) in [7, 11) is 0. The van der Waals surface area contributed by atoms with Crippen LogP contribution in [0.25, 0.3) is 0 Å². The Balaban J connectivity index is 2.99. The van der Waals surface area contributed by atoms with Gasteiger partial charge in [0.25, 0.3) is 0 Å². The predicted molar refractivity (Wildman–Crippen MR) is 76.3 cm³/mol. The van der Waals surface area contributed by atoms with E-state index in [0.717, 1.165) is 0 Å². The maximum atomic E-state index is 12.2. The van der Waals surface area contributed by atoms with Crippen LogP contribution >= 0.6 is 23.2 Å². The fourth-order valence-corrected chi connectivity index (χ4v) is 1.76. The number of carbonyl (C=O) groups is 2. The normalized spacial score (nSPS) is 12.9. The van der Waals surface area contributed by atoms with Gasteiger partial charge in [0.2, 0.25) is 11.8 Å². The Morgan fingerprint density at radius 2 is 1.84 bits per heavy atom. The van der Waals surface area contributed by atoms with Crippen LogP contribution in [0.15, 0.2) is 18.2 Å². The van der Waals surface area contributed by atoms with Crippen LogP contribution in [0, 0.1) is 0 Å². The quantitative estimate of drug-likeness (QED) is 0.895. The monoisotopic (exact) mass is 302 g/mol. The minimum atomic E-state index is -0.849. The Labute approximate surface area is 122 Å². The summed E-state index contributed by atoms with van der Waals surface area (Å²) >= 11 is 11.8. The highest BCUT2D eigenvalue weighted by molar-refractivity contribution is 6.42. The van der Waals surface area contributed by atoms with Crippen LogP contribution in [0.3, 0.4) is 0 Å². The van der Waals surface area contributed by atoms with E-state index in [-0.39, 0.29) is 5.91 Å². The van der Waals surface area contributed by atoms with E-state index in [2.05, 4.69) is 5.32 Å². The Bertz CT molecular complexity index is 515. The molecule has 1 aromatic rings. The molecule has 0 aliphatic rings. The first-order valence-electron chi connectivity index (χ1n) is 5.72. The molecular formula is C13H16Cl2N2O2. The third-order valence-electron chi connectivity index (χ3n) is 2.98. The van der Waals surface area contributed by atoms with Crippen molar-refractivity contribution >= 4 is 35.0 Å². The SMILES string of the molecule is C[C@H](NC(=O)C(C)(C)c1ccc(Cl)c(Cl)c1)C(N)=O. The summed E-state index contributed by atoms with van der Waals surface area (Å²) in [5.41, 5.74) is 4.97. The number of hydrogen-bond donors (Lipinski definition) is 2. The molecule has 1 atom stereocenters. The molecule has 0 unspecified atom stereocenters. The average Bonchev–Trinajstić information content (AvgIpc) is 2.32. The summed E-state index contributed by atoms with van der Waals surface area (Å²) in [6, 6.07) is 4.27. The molecule has 0 fully saturated rings. The van der Waals surface area contributed by atoms with Gasteiger partial charge in [-0.05, 0) is 38.5 Å². The molecule has 1 rings (SSSR count). The molecule has 3 N–H and O–H groups in total. The maximum Gasteiger partial charge on any atom is 0.239 e. The first-order valence-corrected chi connectivity index (χ1v) is 6.47. The van der Waals surface area contributed by atoms with E-state index < -0.39 is 17.4 Å². The minimum Gasteiger partial charge on any atom is -0.368 e. The van der Waals surface area contributed by atoms with Crippen LogP contribution in [0.1, 0.15) is 26.3 Å². The zero-order valence-electron chi connectivity index (χ0n) is 11.0. The van der Waals surface area contributed by atoms with E-state index >= 15 is 0 Å². The van der Waals surface area contributed by atoms with Gasteiger partial charge in [0.1, 0.15) is 6.04 Å². The molecule has 104 valence electrons. The van der Waals surface area contributed by atoms with Crippen LogP contribution < -0.4 is 11.1 Å². The second-order valence-corrected chi connectivity index (χ2v) is 5.67. The molecule has 0 bridgehead atoms. The topological polar surface area (TPSA) is 72.2 Å². The van der Waals surface area contributed by atoms with Crippen molar-refractivity contribution in [1.29, 1.82) is 0 Å². The third-order valence-corrected chi connectivity index (χ3v) is 3.72. The summed E-state index contributed by atoms with van der Waals surface area (Å²) in [4.78, 5) is 23.1. The Hall–Kier alpha value is -1.26. The highest BCUT2D eigenvalue weighted by atomic mass is 35.5. The second kappa shape index (κ2) is 5.80. The van der Waals surface area contributed by atoms with E-state index in [0.29, 0.717) is 15.6 Å². The molecule has 0 saturated heterocycles. The lowest BCUT2D eigenvalue weighted by Crippen LogP contribution is -2.48. The van der Waals surface area contributed by atoms with Crippen molar-refractivity contribution in [3.05, 3.63) is 33.8 Å². The van der Waals surface area contributed by atoms with Gasteiger partial charge in [-0.3, -0.25) is 9.59 Å². The number of rotatable bonds is 4. The molecule has 0 saturated carbocycles. The Morgan fingerprint density at radius 1 is 1.26 bits per heavy atom. The van der Waals surface area contributed by atoms with E-state index in [1.807, 2.05) is 0 Å². The van der Waals surface area contributed by atoms with Gasteiger partial charge in [0.15, 0.2) is 0 Å². The summed E-state index contributed by atoms with van der Waals surface area (Å²) in [6.07, 6.45) is 0. The van der Waals surface area contributed by atoms with Crippen molar-refractivity contribution in [3.8, 4) is 0 Å². The van der Waals surface area contributed by atoms with Crippen LogP contribution in [0.2, 0.25) is 10.0 Å². The molecule has 0 radical (unpaired) electrons. The Kier molecular flexibility index (Phi) is 4.82. The fourth-order valence-electron chi connectivity index (χ4n) is 1.46. The van der Waals surface area contributed by atoms with E-state index in [1.54, 1.807) is 32.0 Å². The lowest BCUT2D eigenvalue weighted by molar-refractivity contribution is -0.130. The average molecular weight is 303 g/mol. The molecule has 1 aromatic carbocycles. The number of carbonyl (C=O) groups excluding carboxylic acids is 2. The zero-order valence-corrected chi connectivity index (χ0v) is 12.5. The van der Waals surface area contributed by atoms with Gasteiger partial charge in [-0.25, -0.2) is 0 Å². The molecule has 2 amide bonds. The number of hydrogen-bond acceptors (Lipinski definition) is 2. The molecule has 0 aliphatic carbocycles. The van der Waals surface area contributed by atoms with Crippen molar-refractivity contribution in [2.75, 3.05) is 0 Å². The molecule has 0 aromatic heterocycles. The van der Waals surface area contributed by atoms with Gasteiger partial charge in [0, 0.05) is 0 Å². The number of nitrogens with two attached hydrogens (primary N) is 1.